The number of benzene rings is 1. The summed E-state index contributed by atoms with van der Waals surface area (Å²) in [5, 5.41) is 11.3. The lowest BCUT2D eigenvalue weighted by Crippen LogP contribution is -2.27. The average Bonchev–Trinajstić information content (AvgIpc) is 2.90. The van der Waals surface area contributed by atoms with Crippen LogP contribution in [-0.2, 0) is 6.42 Å². The van der Waals surface area contributed by atoms with E-state index in [1.165, 1.54) is 4.88 Å². The van der Waals surface area contributed by atoms with E-state index in [-0.39, 0.29) is 11.5 Å². The van der Waals surface area contributed by atoms with Gasteiger partial charge in [0, 0.05) is 17.0 Å². The Bertz CT molecular complexity index is 520. The van der Waals surface area contributed by atoms with E-state index < -0.39 is 0 Å². The Morgan fingerprint density at radius 3 is 2.63 bits per heavy atom. The van der Waals surface area contributed by atoms with Gasteiger partial charge in [0.05, 0.1) is 6.54 Å². The van der Waals surface area contributed by atoms with Crippen LogP contribution >= 0.6 is 11.3 Å². The lowest BCUT2D eigenvalue weighted by atomic mass is 10.1. The first-order valence-electron chi connectivity index (χ1n) is 6.18. The first-order valence-corrected chi connectivity index (χ1v) is 7.06. The zero-order chi connectivity index (χ0) is 13.7. The summed E-state index contributed by atoms with van der Waals surface area (Å²) in [5.74, 6) is 0.260. The van der Waals surface area contributed by atoms with Crippen LogP contribution in [0.5, 0.6) is 5.75 Å². The lowest BCUT2D eigenvalue weighted by Gasteiger charge is -2.15. The van der Waals surface area contributed by atoms with Crippen molar-refractivity contribution in [3.05, 3.63) is 52.2 Å². The topological polar surface area (TPSA) is 40.5 Å². The van der Waals surface area contributed by atoms with Crippen molar-refractivity contribution in [3.8, 4) is 5.75 Å². The minimum atomic E-state index is 0.0775. The Balaban J connectivity index is 1.83. The first kappa shape index (κ1) is 13.8. The molecule has 0 aliphatic carbocycles. The molecule has 1 N–H and O–H groups in total. The Labute approximate surface area is 117 Å². The maximum Gasteiger partial charge on any atom is 0.176 e. The molecular formula is C15H17NO2S. The van der Waals surface area contributed by atoms with Crippen LogP contribution < -0.4 is 0 Å². The van der Waals surface area contributed by atoms with E-state index in [1.54, 1.807) is 35.6 Å². The zero-order valence-electron chi connectivity index (χ0n) is 10.9. The second-order valence-electron chi connectivity index (χ2n) is 4.54. The fraction of sp³-hybridized carbons (Fsp3) is 0.267. The Hall–Kier alpha value is -1.65. The van der Waals surface area contributed by atoms with E-state index in [1.807, 2.05) is 18.0 Å². The standard InChI is InChI=1S/C15H17NO2S/c1-16(9-8-14-3-2-10-19-14)11-15(18)12-4-6-13(17)7-5-12/h2-7,10,17H,8-9,11H2,1H3. The van der Waals surface area contributed by atoms with Crippen molar-refractivity contribution in [2.75, 3.05) is 20.1 Å². The Morgan fingerprint density at radius 1 is 1.26 bits per heavy atom. The highest BCUT2D eigenvalue weighted by atomic mass is 32.1. The van der Waals surface area contributed by atoms with Crippen molar-refractivity contribution >= 4 is 17.1 Å². The largest absolute Gasteiger partial charge is 0.508 e. The third-order valence-electron chi connectivity index (χ3n) is 2.92. The molecule has 0 spiro atoms. The first-order chi connectivity index (χ1) is 9.15. The number of likely N-dealkylation sites (N-methyl/N-ethyl adjacent to an activating group) is 1. The number of phenolic OH excluding ortho intramolecular Hbond substituents is 1. The number of aromatic hydroxyl groups is 1. The lowest BCUT2D eigenvalue weighted by molar-refractivity contribution is 0.0947. The van der Waals surface area contributed by atoms with Gasteiger partial charge in [-0.1, -0.05) is 6.07 Å². The smallest absolute Gasteiger partial charge is 0.176 e. The van der Waals surface area contributed by atoms with Gasteiger partial charge in [-0.3, -0.25) is 9.69 Å². The van der Waals surface area contributed by atoms with Crippen molar-refractivity contribution in [1.82, 2.24) is 4.90 Å². The summed E-state index contributed by atoms with van der Waals surface area (Å²) in [6.07, 6.45) is 0.969. The number of thiophene rings is 1. The number of hydrogen-bond acceptors (Lipinski definition) is 4. The monoisotopic (exact) mass is 275 g/mol. The van der Waals surface area contributed by atoms with Crippen molar-refractivity contribution in [2.24, 2.45) is 0 Å². The summed E-state index contributed by atoms with van der Waals surface area (Å²) in [5.41, 5.74) is 0.640. The van der Waals surface area contributed by atoms with E-state index in [2.05, 4.69) is 11.4 Å². The summed E-state index contributed by atoms with van der Waals surface area (Å²) in [6.45, 7) is 1.26. The maximum absolute atomic E-state index is 12.0. The van der Waals surface area contributed by atoms with Crippen LogP contribution in [0.3, 0.4) is 0 Å². The number of Topliss-reactive ketones (excluding diaryl/α,β-unsaturated/α-hetero) is 1. The number of nitrogens with zero attached hydrogens (tertiary/aromatic N) is 1. The fourth-order valence-corrected chi connectivity index (χ4v) is 2.52. The highest BCUT2D eigenvalue weighted by Crippen LogP contribution is 2.11. The van der Waals surface area contributed by atoms with Crippen LogP contribution in [0.4, 0.5) is 0 Å². The molecule has 0 atom stereocenters. The number of rotatable bonds is 6. The van der Waals surface area contributed by atoms with Crippen LogP contribution in [0.25, 0.3) is 0 Å². The molecule has 0 bridgehead atoms. The highest BCUT2D eigenvalue weighted by molar-refractivity contribution is 7.09. The molecular weight excluding hydrogens is 258 g/mol. The predicted molar refractivity (Wildman–Crippen MR) is 78.0 cm³/mol. The van der Waals surface area contributed by atoms with Crippen LogP contribution in [0.2, 0.25) is 0 Å². The minimum absolute atomic E-state index is 0.0775. The van der Waals surface area contributed by atoms with Crippen molar-refractivity contribution < 1.29 is 9.90 Å². The molecule has 1 heterocycles. The van der Waals surface area contributed by atoms with Gasteiger partial charge in [0.25, 0.3) is 0 Å². The molecule has 1 aromatic carbocycles. The molecule has 0 unspecified atom stereocenters. The van der Waals surface area contributed by atoms with Crippen molar-refractivity contribution in [1.29, 1.82) is 0 Å². The van der Waals surface area contributed by atoms with Crippen molar-refractivity contribution in [2.45, 2.75) is 6.42 Å². The van der Waals surface area contributed by atoms with Gasteiger partial charge in [-0.05, 0) is 49.2 Å². The summed E-state index contributed by atoms with van der Waals surface area (Å²) < 4.78 is 0. The normalized spacial score (nSPS) is 10.8. The van der Waals surface area contributed by atoms with E-state index >= 15 is 0 Å². The minimum Gasteiger partial charge on any atom is -0.508 e. The Morgan fingerprint density at radius 2 is 2.00 bits per heavy atom. The number of hydrogen-bond donors (Lipinski definition) is 1. The molecule has 0 fully saturated rings. The summed E-state index contributed by atoms with van der Waals surface area (Å²) in [6, 6.07) is 10.6. The van der Waals surface area contributed by atoms with Gasteiger partial charge >= 0.3 is 0 Å². The molecule has 0 aliphatic heterocycles. The second kappa shape index (κ2) is 6.50. The molecule has 0 aliphatic rings. The molecule has 0 saturated heterocycles. The Kier molecular flexibility index (Phi) is 4.71. The van der Waals surface area contributed by atoms with Gasteiger partial charge in [-0.25, -0.2) is 0 Å². The van der Waals surface area contributed by atoms with Gasteiger partial charge in [0.15, 0.2) is 5.78 Å². The fourth-order valence-electron chi connectivity index (χ4n) is 1.82. The van der Waals surface area contributed by atoms with E-state index in [9.17, 15) is 9.90 Å². The number of phenols is 1. The van der Waals surface area contributed by atoms with Crippen LogP contribution in [-0.4, -0.2) is 35.9 Å². The van der Waals surface area contributed by atoms with Crippen LogP contribution in [0.15, 0.2) is 41.8 Å². The maximum atomic E-state index is 12.0. The predicted octanol–water partition coefficient (Wildman–Crippen LogP) is 2.81. The third-order valence-corrected chi connectivity index (χ3v) is 3.86. The van der Waals surface area contributed by atoms with E-state index in [0.717, 1.165) is 13.0 Å². The number of carbonyl (C=O) groups is 1. The molecule has 100 valence electrons. The summed E-state index contributed by atoms with van der Waals surface area (Å²) in [4.78, 5) is 15.4. The van der Waals surface area contributed by atoms with E-state index in [4.69, 9.17) is 0 Å². The SMILES string of the molecule is CN(CCc1cccs1)CC(=O)c1ccc(O)cc1. The number of ketones is 1. The molecule has 0 radical (unpaired) electrons. The van der Waals surface area contributed by atoms with E-state index in [0.29, 0.717) is 12.1 Å². The molecule has 2 rings (SSSR count). The summed E-state index contributed by atoms with van der Waals surface area (Å²) >= 11 is 1.74. The van der Waals surface area contributed by atoms with Gasteiger partial charge in [-0.2, -0.15) is 0 Å². The second-order valence-corrected chi connectivity index (χ2v) is 5.57. The molecule has 0 saturated carbocycles. The molecule has 1 aromatic heterocycles. The third kappa shape index (κ3) is 4.19. The highest BCUT2D eigenvalue weighted by Gasteiger charge is 2.09. The zero-order valence-corrected chi connectivity index (χ0v) is 11.7. The number of carbonyl (C=O) groups excluding carboxylic acids is 1. The van der Waals surface area contributed by atoms with Gasteiger partial charge in [0.2, 0.25) is 0 Å². The van der Waals surface area contributed by atoms with Gasteiger partial charge in [-0.15, -0.1) is 11.3 Å². The average molecular weight is 275 g/mol. The summed E-state index contributed by atoms with van der Waals surface area (Å²) in [7, 11) is 1.95. The van der Waals surface area contributed by atoms with Gasteiger partial charge in [0.1, 0.15) is 5.75 Å². The van der Waals surface area contributed by atoms with Crippen LogP contribution in [0, 0.1) is 0 Å². The van der Waals surface area contributed by atoms with Crippen molar-refractivity contribution in [3.63, 3.8) is 0 Å². The molecule has 4 heteroatoms. The molecule has 3 nitrogen and oxygen atoms in total. The molecule has 19 heavy (non-hydrogen) atoms. The molecule has 2 aromatic rings. The van der Waals surface area contributed by atoms with Crippen LogP contribution in [0.1, 0.15) is 15.2 Å². The quantitative estimate of drug-likeness (QED) is 0.824. The molecule has 0 amide bonds. The van der Waals surface area contributed by atoms with Gasteiger partial charge < -0.3 is 5.11 Å².